The molecule has 0 bridgehead atoms. The van der Waals surface area contributed by atoms with Crippen molar-refractivity contribution >= 4 is 5.78 Å². The van der Waals surface area contributed by atoms with Crippen molar-refractivity contribution in [3.63, 3.8) is 0 Å². The Morgan fingerprint density at radius 2 is 2.00 bits per heavy atom. The van der Waals surface area contributed by atoms with Crippen LogP contribution in [0.3, 0.4) is 0 Å². The zero-order valence-electron chi connectivity index (χ0n) is 14.8. The van der Waals surface area contributed by atoms with Crippen LogP contribution in [-0.2, 0) is 9.53 Å². The minimum atomic E-state index is -0.858. The van der Waals surface area contributed by atoms with Gasteiger partial charge < -0.3 is 4.74 Å². The summed E-state index contributed by atoms with van der Waals surface area (Å²) in [6, 6.07) is 0. The number of alkyl halides is 1. The van der Waals surface area contributed by atoms with Gasteiger partial charge in [-0.05, 0) is 60.5 Å². The molecule has 0 heterocycles. The van der Waals surface area contributed by atoms with Crippen LogP contribution in [0.1, 0.15) is 46.0 Å². The minimum absolute atomic E-state index is 0.0670. The third-order valence-electron chi connectivity index (χ3n) is 8.34. The van der Waals surface area contributed by atoms with Crippen LogP contribution in [0.15, 0.2) is 23.5 Å². The maximum absolute atomic E-state index is 15.5. The molecule has 3 heteroatoms. The number of carbonyl (C=O) groups excluding carboxylic acids is 1. The lowest BCUT2D eigenvalue weighted by molar-refractivity contribution is -0.141. The van der Waals surface area contributed by atoms with Gasteiger partial charge in [0.15, 0.2) is 0 Å². The molecule has 5 rings (SSSR count). The van der Waals surface area contributed by atoms with Crippen LogP contribution in [0.5, 0.6) is 0 Å². The Balaban J connectivity index is 1.58. The molecule has 0 radical (unpaired) electrons. The molecule has 24 heavy (non-hydrogen) atoms. The molecule has 3 fully saturated rings. The van der Waals surface area contributed by atoms with Gasteiger partial charge >= 0.3 is 0 Å². The van der Waals surface area contributed by atoms with Gasteiger partial charge in [-0.15, -0.1) is 0 Å². The second-order valence-electron chi connectivity index (χ2n) is 9.35. The van der Waals surface area contributed by atoms with Gasteiger partial charge in [-0.3, -0.25) is 4.79 Å². The number of methoxy groups -OCH3 is 1. The summed E-state index contributed by atoms with van der Waals surface area (Å²) >= 11 is 0. The van der Waals surface area contributed by atoms with Gasteiger partial charge in [-0.25, -0.2) is 4.39 Å². The molecule has 0 aromatic rings. The molecular weight excluding hydrogens is 303 g/mol. The van der Waals surface area contributed by atoms with Gasteiger partial charge in [-0.1, -0.05) is 19.9 Å². The van der Waals surface area contributed by atoms with Gasteiger partial charge in [0.1, 0.15) is 12.0 Å². The van der Waals surface area contributed by atoms with Crippen molar-refractivity contribution in [2.75, 3.05) is 7.11 Å². The Labute approximate surface area is 143 Å². The van der Waals surface area contributed by atoms with Gasteiger partial charge in [0, 0.05) is 23.7 Å². The van der Waals surface area contributed by atoms with Crippen molar-refractivity contribution in [3.05, 3.63) is 23.5 Å². The average Bonchev–Trinajstić information content (AvgIpc) is 3.28. The molecule has 0 spiro atoms. The van der Waals surface area contributed by atoms with Crippen molar-refractivity contribution in [2.24, 2.45) is 40.4 Å². The van der Waals surface area contributed by atoms with E-state index in [9.17, 15) is 4.79 Å². The zero-order valence-corrected chi connectivity index (χ0v) is 14.8. The Hall–Kier alpha value is -1.12. The van der Waals surface area contributed by atoms with Gasteiger partial charge in [-0.2, -0.15) is 0 Å². The highest BCUT2D eigenvalue weighted by Gasteiger charge is 2.71. The van der Waals surface area contributed by atoms with Crippen molar-refractivity contribution < 1.29 is 13.9 Å². The van der Waals surface area contributed by atoms with Gasteiger partial charge in [0.2, 0.25) is 0 Å². The maximum atomic E-state index is 15.5. The Morgan fingerprint density at radius 3 is 2.75 bits per heavy atom. The number of Topliss-reactive ketones (excluding diaryl/α,β-unsaturated/α-hetero) is 1. The molecule has 8 atom stereocenters. The van der Waals surface area contributed by atoms with E-state index in [1.54, 1.807) is 7.11 Å². The summed E-state index contributed by atoms with van der Waals surface area (Å²) in [6.07, 6.45) is 7.94. The van der Waals surface area contributed by atoms with E-state index in [0.29, 0.717) is 30.0 Å². The van der Waals surface area contributed by atoms with Gasteiger partial charge in [0.25, 0.3) is 0 Å². The topological polar surface area (TPSA) is 26.3 Å². The third kappa shape index (κ3) is 1.64. The fourth-order valence-corrected chi connectivity index (χ4v) is 7.20. The van der Waals surface area contributed by atoms with E-state index in [2.05, 4.69) is 26.0 Å². The van der Waals surface area contributed by atoms with Crippen LogP contribution >= 0.6 is 0 Å². The minimum Gasteiger partial charge on any atom is -0.501 e. The first-order chi connectivity index (χ1) is 11.4. The van der Waals surface area contributed by atoms with E-state index >= 15 is 4.39 Å². The number of carbonyl (C=O) groups is 1. The molecule has 3 saturated carbocycles. The van der Waals surface area contributed by atoms with E-state index in [1.165, 1.54) is 5.57 Å². The summed E-state index contributed by atoms with van der Waals surface area (Å²) in [5, 5.41) is 0. The summed E-state index contributed by atoms with van der Waals surface area (Å²) in [4.78, 5) is 12.8. The maximum Gasteiger partial charge on any atom is 0.142 e. The average molecular weight is 330 g/mol. The molecule has 0 saturated heterocycles. The molecule has 0 amide bonds. The Kier molecular flexibility index (Phi) is 2.86. The van der Waals surface area contributed by atoms with E-state index in [4.69, 9.17) is 4.74 Å². The monoisotopic (exact) mass is 330 g/mol. The van der Waals surface area contributed by atoms with Crippen LogP contribution in [0.25, 0.3) is 0 Å². The number of rotatable bonds is 1. The second-order valence-corrected chi connectivity index (χ2v) is 9.35. The Morgan fingerprint density at radius 1 is 1.21 bits per heavy atom. The fourth-order valence-electron chi connectivity index (χ4n) is 7.20. The lowest BCUT2D eigenvalue weighted by Crippen LogP contribution is -2.55. The number of hydrogen-bond donors (Lipinski definition) is 0. The van der Waals surface area contributed by atoms with Crippen molar-refractivity contribution in [3.8, 4) is 0 Å². The molecule has 0 aromatic carbocycles. The summed E-state index contributed by atoms with van der Waals surface area (Å²) < 4.78 is 20.9. The third-order valence-corrected chi connectivity index (χ3v) is 8.34. The van der Waals surface area contributed by atoms with Crippen molar-refractivity contribution in [1.82, 2.24) is 0 Å². The van der Waals surface area contributed by atoms with Crippen molar-refractivity contribution in [1.29, 1.82) is 0 Å². The van der Waals surface area contributed by atoms with E-state index in [-0.39, 0.29) is 17.3 Å². The number of ether oxygens (including phenoxy) is 1. The first-order valence-electron chi connectivity index (χ1n) is 9.54. The van der Waals surface area contributed by atoms with Crippen molar-refractivity contribution in [2.45, 2.75) is 52.1 Å². The van der Waals surface area contributed by atoms with Crippen LogP contribution in [0.4, 0.5) is 4.39 Å². The molecule has 5 aliphatic rings. The molecule has 0 aromatic heterocycles. The summed E-state index contributed by atoms with van der Waals surface area (Å²) in [5.41, 5.74) is 0.787. The standard InChI is InChI=1S/C21H27FO2/c1-20-7-6-12(24-3)8-11(20)4-5-13-17-14-9-15(14)19(23)21(17,2)10-16(22)18(13)20/h4,8,13-18H,5-7,9-10H2,1-3H3/t13-,14+,15-,16-,17+,18+,20-,21-/m0/s1. The quantitative estimate of drug-likeness (QED) is 0.709. The van der Waals surface area contributed by atoms with Crippen LogP contribution < -0.4 is 0 Å². The first kappa shape index (κ1) is 15.2. The molecule has 0 aliphatic heterocycles. The largest absolute Gasteiger partial charge is 0.501 e. The molecule has 0 unspecified atom stereocenters. The molecule has 130 valence electrons. The molecular formula is C21H27FO2. The summed E-state index contributed by atoms with van der Waals surface area (Å²) in [7, 11) is 1.72. The van der Waals surface area contributed by atoms with Crippen LogP contribution in [-0.4, -0.2) is 19.1 Å². The lowest BCUT2D eigenvalue weighted by atomic mass is 9.47. The molecule has 0 N–H and O–H groups in total. The van der Waals surface area contributed by atoms with Crippen LogP contribution in [0, 0.1) is 40.4 Å². The Bertz CT molecular complexity index is 679. The van der Waals surface area contributed by atoms with E-state index in [0.717, 1.165) is 31.4 Å². The number of fused-ring (bicyclic) bond motifs is 7. The fraction of sp³-hybridized carbons (Fsp3) is 0.762. The summed E-state index contributed by atoms with van der Waals surface area (Å²) in [5.74, 6) is 3.03. The predicted octanol–water partition coefficient (Wildman–Crippen LogP) is 4.46. The lowest BCUT2D eigenvalue weighted by Gasteiger charge is -2.57. The zero-order chi connectivity index (χ0) is 16.9. The number of hydrogen-bond acceptors (Lipinski definition) is 2. The number of halogens is 1. The van der Waals surface area contributed by atoms with Gasteiger partial charge in [0.05, 0.1) is 12.9 Å². The highest BCUT2D eigenvalue weighted by atomic mass is 19.1. The molecule has 5 aliphatic carbocycles. The highest BCUT2D eigenvalue weighted by molar-refractivity contribution is 5.93. The normalized spacial score (nSPS) is 54.8. The smallest absolute Gasteiger partial charge is 0.142 e. The first-order valence-corrected chi connectivity index (χ1v) is 9.54. The number of allylic oxidation sites excluding steroid dienone is 4. The second kappa shape index (κ2) is 4.53. The van der Waals surface area contributed by atoms with Crippen LogP contribution in [0.2, 0.25) is 0 Å². The van der Waals surface area contributed by atoms with E-state index < -0.39 is 11.6 Å². The highest BCUT2D eigenvalue weighted by Crippen LogP contribution is 2.71. The van der Waals surface area contributed by atoms with E-state index in [1.807, 2.05) is 0 Å². The predicted molar refractivity (Wildman–Crippen MR) is 89.8 cm³/mol. The summed E-state index contributed by atoms with van der Waals surface area (Å²) in [6.45, 7) is 4.33. The SMILES string of the molecule is COC1=CC2=CC[C@@H]3[C@H]([C@@H](F)C[C@]4(C)C(=O)[C@H]5C[C@H]5[C@@H]34)[C@@]2(C)CC1. The number of ketones is 1. The molecule has 2 nitrogen and oxygen atoms in total.